The minimum atomic E-state index is -0.494. The third-order valence-electron chi connectivity index (χ3n) is 5.60. The molecule has 2 aromatic heterocycles. The zero-order valence-electron chi connectivity index (χ0n) is 15.5. The lowest BCUT2D eigenvalue weighted by Crippen LogP contribution is -2.52. The maximum atomic E-state index is 12.5. The van der Waals surface area contributed by atoms with Crippen LogP contribution >= 0.6 is 0 Å². The van der Waals surface area contributed by atoms with Crippen molar-refractivity contribution in [2.45, 2.75) is 12.8 Å². The zero-order chi connectivity index (χ0) is 19.7. The summed E-state index contributed by atoms with van der Waals surface area (Å²) in [6.07, 6.45) is 8.02. The summed E-state index contributed by atoms with van der Waals surface area (Å²) in [4.78, 5) is 35.2. The molecule has 0 unspecified atom stereocenters. The second-order valence-electron chi connectivity index (χ2n) is 7.38. The molecule has 0 spiro atoms. The number of H-pyrrole nitrogens is 1. The van der Waals surface area contributed by atoms with E-state index in [-0.39, 0.29) is 17.7 Å². The van der Waals surface area contributed by atoms with E-state index in [0.29, 0.717) is 25.9 Å². The van der Waals surface area contributed by atoms with Gasteiger partial charge in [-0.05, 0) is 25.0 Å². The summed E-state index contributed by atoms with van der Waals surface area (Å²) in [7, 11) is 0. The zero-order valence-corrected chi connectivity index (χ0v) is 15.5. The number of primary amides is 1. The highest BCUT2D eigenvalue weighted by molar-refractivity contribution is 5.95. The Morgan fingerprint density at radius 2 is 2.04 bits per heavy atom. The molecule has 1 aliphatic carbocycles. The Morgan fingerprint density at radius 1 is 1.29 bits per heavy atom. The second kappa shape index (κ2) is 7.35. The molecule has 1 saturated carbocycles. The third kappa shape index (κ3) is 3.43. The summed E-state index contributed by atoms with van der Waals surface area (Å²) in [6.45, 7) is 2.83. The molecule has 0 atom stereocenters. The lowest BCUT2D eigenvalue weighted by atomic mass is 9.75. The Morgan fingerprint density at radius 3 is 2.71 bits per heavy atom. The van der Waals surface area contributed by atoms with E-state index >= 15 is 0 Å². The molecule has 8 heteroatoms. The van der Waals surface area contributed by atoms with Crippen LogP contribution in [0.5, 0.6) is 0 Å². The number of hydrogen-bond donors (Lipinski definition) is 2. The normalized spacial score (nSPS) is 22.2. The minimum absolute atomic E-state index is 0.0219. The number of nitrogens with two attached hydrogens (primary N) is 1. The molecular formula is C20H22N6O2. The van der Waals surface area contributed by atoms with E-state index in [1.54, 1.807) is 12.3 Å². The van der Waals surface area contributed by atoms with Gasteiger partial charge in [-0.25, -0.2) is 4.98 Å². The maximum absolute atomic E-state index is 12.5. The third-order valence-corrected chi connectivity index (χ3v) is 5.60. The maximum Gasteiger partial charge on any atom is 0.241 e. The van der Waals surface area contributed by atoms with Gasteiger partial charge >= 0.3 is 0 Å². The molecule has 2 aromatic rings. The lowest BCUT2D eigenvalue weighted by Gasteiger charge is -2.40. The van der Waals surface area contributed by atoms with Crippen molar-refractivity contribution in [2.24, 2.45) is 17.6 Å². The van der Waals surface area contributed by atoms with Gasteiger partial charge in [0.05, 0.1) is 18.0 Å². The summed E-state index contributed by atoms with van der Waals surface area (Å²) in [6, 6.07) is 4.27. The van der Waals surface area contributed by atoms with Crippen LogP contribution in [0.1, 0.15) is 18.4 Å². The van der Waals surface area contributed by atoms with Gasteiger partial charge in [-0.15, -0.1) is 0 Å². The predicted molar refractivity (Wildman–Crippen MR) is 105 cm³/mol. The summed E-state index contributed by atoms with van der Waals surface area (Å²) < 4.78 is 0. The Hall–Kier alpha value is -3.34. The number of aromatic nitrogens is 2. The van der Waals surface area contributed by atoms with Gasteiger partial charge in [0.1, 0.15) is 5.65 Å². The highest BCUT2D eigenvalue weighted by atomic mass is 16.2. The average molecular weight is 378 g/mol. The van der Waals surface area contributed by atoms with Gasteiger partial charge in [-0.3, -0.25) is 9.59 Å². The Bertz CT molecular complexity index is 974. The predicted octanol–water partition coefficient (Wildman–Crippen LogP) is 1.26. The minimum Gasteiger partial charge on any atom is -0.367 e. The highest BCUT2D eigenvalue weighted by Crippen LogP contribution is 2.34. The first-order chi connectivity index (χ1) is 13.5. The van der Waals surface area contributed by atoms with Crippen molar-refractivity contribution in [3.8, 4) is 6.07 Å². The average Bonchev–Trinajstić information content (AvgIpc) is 3.08. The Labute approximate surface area is 162 Å². The Balaban J connectivity index is 1.42. The molecule has 3 heterocycles. The molecule has 8 nitrogen and oxygen atoms in total. The fourth-order valence-corrected chi connectivity index (χ4v) is 3.86. The molecule has 4 rings (SSSR count). The molecule has 0 bridgehead atoms. The van der Waals surface area contributed by atoms with Crippen molar-refractivity contribution in [1.82, 2.24) is 14.9 Å². The first-order valence-corrected chi connectivity index (χ1v) is 9.43. The fourth-order valence-electron chi connectivity index (χ4n) is 3.86. The molecule has 1 saturated heterocycles. The van der Waals surface area contributed by atoms with Gasteiger partial charge in [0.25, 0.3) is 0 Å². The second-order valence-corrected chi connectivity index (χ2v) is 7.38. The molecular weight excluding hydrogens is 356 g/mol. The monoisotopic (exact) mass is 378 g/mol. The number of aromatic amines is 1. The number of carbonyl (C=O) groups excluding carboxylic acids is 2. The van der Waals surface area contributed by atoms with Gasteiger partial charge in [-0.2, -0.15) is 5.26 Å². The van der Waals surface area contributed by atoms with Crippen LogP contribution in [0, 0.1) is 23.2 Å². The van der Waals surface area contributed by atoms with Crippen molar-refractivity contribution < 1.29 is 9.59 Å². The largest absolute Gasteiger partial charge is 0.367 e. The first-order valence-electron chi connectivity index (χ1n) is 9.43. The first kappa shape index (κ1) is 18.0. The number of pyridine rings is 1. The number of anilines is 1. The Kier molecular flexibility index (Phi) is 4.74. The number of nitrogens with zero attached hydrogens (tertiary/aromatic N) is 4. The molecule has 2 amide bonds. The molecule has 0 aromatic carbocycles. The number of piperazine rings is 1. The molecule has 0 radical (unpaired) electrons. The number of nitriles is 1. The summed E-state index contributed by atoms with van der Waals surface area (Å²) in [5.74, 6) is -0.239. The van der Waals surface area contributed by atoms with Crippen molar-refractivity contribution in [1.29, 1.82) is 5.26 Å². The number of carbonyl (C=O) groups is 2. The van der Waals surface area contributed by atoms with Gasteiger partial charge < -0.3 is 20.5 Å². The van der Waals surface area contributed by atoms with Gasteiger partial charge in [0, 0.05) is 61.2 Å². The van der Waals surface area contributed by atoms with E-state index in [1.807, 2.05) is 17.2 Å². The molecule has 28 heavy (non-hydrogen) atoms. The van der Waals surface area contributed by atoms with Crippen LogP contribution in [0.15, 0.2) is 24.5 Å². The van der Waals surface area contributed by atoms with E-state index in [2.05, 4.69) is 20.9 Å². The van der Waals surface area contributed by atoms with Crippen molar-refractivity contribution in [3.63, 3.8) is 0 Å². The molecule has 144 valence electrons. The molecule has 2 aliphatic rings. The summed E-state index contributed by atoms with van der Waals surface area (Å²) in [5, 5.41) is 9.80. The summed E-state index contributed by atoms with van der Waals surface area (Å²) in [5.41, 5.74) is 7.77. The van der Waals surface area contributed by atoms with E-state index in [1.165, 1.54) is 6.08 Å². The van der Waals surface area contributed by atoms with Crippen LogP contribution in [0.2, 0.25) is 0 Å². The van der Waals surface area contributed by atoms with Crippen LogP contribution in [0.25, 0.3) is 17.1 Å². The standard InChI is InChI=1S/C20H22N6O2/c21-10-13-7-15(8-13)20(28)26-5-3-25(4-6-26)16-9-17-14(1-2-18(22)27)11-23-19(17)24-12-16/h1-2,9,11-13,15H,3-8H2,(H2,22,27)(H,23,24). The summed E-state index contributed by atoms with van der Waals surface area (Å²) >= 11 is 0. The SMILES string of the molecule is N#CC1CC(C(=O)N2CCN(c3cnc4[nH]cc(C=CC(N)=O)c4c3)CC2)C1. The quantitative estimate of drug-likeness (QED) is 0.776. The van der Waals surface area contributed by atoms with E-state index < -0.39 is 5.91 Å². The molecule has 3 N–H and O–H groups in total. The smallest absolute Gasteiger partial charge is 0.241 e. The van der Waals surface area contributed by atoms with Crippen molar-refractivity contribution >= 4 is 34.6 Å². The number of nitrogens with one attached hydrogen (secondary N) is 1. The number of fused-ring (bicyclic) bond motifs is 1. The van der Waals surface area contributed by atoms with Crippen LogP contribution in [-0.4, -0.2) is 52.9 Å². The van der Waals surface area contributed by atoms with Crippen LogP contribution < -0.4 is 10.6 Å². The van der Waals surface area contributed by atoms with Gasteiger partial charge in [0.2, 0.25) is 11.8 Å². The highest BCUT2D eigenvalue weighted by Gasteiger charge is 2.37. The van der Waals surface area contributed by atoms with Gasteiger partial charge in [0.15, 0.2) is 0 Å². The lowest BCUT2D eigenvalue weighted by molar-refractivity contribution is -0.139. The number of rotatable bonds is 4. The topological polar surface area (TPSA) is 119 Å². The van der Waals surface area contributed by atoms with Gasteiger partial charge in [-0.1, -0.05) is 0 Å². The molecule has 2 fully saturated rings. The van der Waals surface area contributed by atoms with Crippen LogP contribution in [0.4, 0.5) is 5.69 Å². The van der Waals surface area contributed by atoms with E-state index in [4.69, 9.17) is 11.0 Å². The number of amides is 2. The van der Waals surface area contributed by atoms with E-state index in [9.17, 15) is 9.59 Å². The molecule has 1 aliphatic heterocycles. The fraction of sp³-hybridized carbons (Fsp3) is 0.400. The van der Waals surface area contributed by atoms with Crippen molar-refractivity contribution in [3.05, 3.63) is 30.1 Å². The number of hydrogen-bond acceptors (Lipinski definition) is 5. The van der Waals surface area contributed by atoms with E-state index in [0.717, 1.165) is 35.4 Å². The van der Waals surface area contributed by atoms with Crippen LogP contribution in [-0.2, 0) is 9.59 Å². The van der Waals surface area contributed by atoms with Crippen molar-refractivity contribution in [2.75, 3.05) is 31.1 Å². The van der Waals surface area contributed by atoms with Crippen LogP contribution in [0.3, 0.4) is 0 Å².